The summed E-state index contributed by atoms with van der Waals surface area (Å²) in [7, 11) is 0. The first kappa shape index (κ1) is 15.5. The Balaban J connectivity index is 1.91. The SMILES string of the molecule is Cc1cc(F)ccc1CC(O)C1CCC(C(C)C)CC1. The van der Waals surface area contributed by atoms with E-state index in [0.29, 0.717) is 12.3 Å². The van der Waals surface area contributed by atoms with Crippen LogP contribution in [-0.4, -0.2) is 11.2 Å². The maximum absolute atomic E-state index is 13.1. The van der Waals surface area contributed by atoms with Crippen LogP contribution in [-0.2, 0) is 6.42 Å². The second-order valence-corrected chi connectivity index (χ2v) is 6.76. The lowest BCUT2D eigenvalue weighted by atomic mass is 9.74. The first-order chi connectivity index (χ1) is 9.47. The minimum atomic E-state index is -0.285. The molecule has 0 bridgehead atoms. The van der Waals surface area contributed by atoms with Gasteiger partial charge >= 0.3 is 0 Å². The highest BCUT2D eigenvalue weighted by atomic mass is 19.1. The molecular weight excluding hydrogens is 251 g/mol. The third-order valence-corrected chi connectivity index (χ3v) is 5.04. The first-order valence-corrected chi connectivity index (χ1v) is 7.90. The molecule has 1 saturated carbocycles. The Morgan fingerprint density at radius 1 is 1.15 bits per heavy atom. The van der Waals surface area contributed by atoms with E-state index in [1.807, 2.05) is 13.0 Å². The number of halogens is 1. The number of aryl methyl sites for hydroxylation is 1. The lowest BCUT2D eigenvalue weighted by Crippen LogP contribution is -2.29. The van der Waals surface area contributed by atoms with Gasteiger partial charge in [0.05, 0.1) is 6.10 Å². The molecule has 2 heteroatoms. The van der Waals surface area contributed by atoms with Crippen LogP contribution >= 0.6 is 0 Å². The molecule has 1 unspecified atom stereocenters. The summed E-state index contributed by atoms with van der Waals surface area (Å²) in [6.45, 7) is 6.51. The van der Waals surface area contributed by atoms with E-state index in [1.54, 1.807) is 6.07 Å². The molecule has 1 atom stereocenters. The molecule has 20 heavy (non-hydrogen) atoms. The van der Waals surface area contributed by atoms with Crippen LogP contribution in [0.5, 0.6) is 0 Å². The summed E-state index contributed by atoms with van der Waals surface area (Å²) in [5.41, 5.74) is 2.02. The Kier molecular flexibility index (Phi) is 5.20. The molecule has 0 radical (unpaired) electrons. The monoisotopic (exact) mass is 278 g/mol. The van der Waals surface area contributed by atoms with E-state index < -0.39 is 0 Å². The Morgan fingerprint density at radius 2 is 1.75 bits per heavy atom. The van der Waals surface area contributed by atoms with E-state index in [1.165, 1.54) is 18.9 Å². The fourth-order valence-electron chi connectivity index (χ4n) is 3.48. The standard InChI is InChI=1S/C18H27FO/c1-12(2)14-4-6-15(7-5-14)18(20)11-16-8-9-17(19)10-13(16)3/h8-10,12,14-15,18,20H,4-7,11H2,1-3H3. The molecule has 0 spiro atoms. The molecule has 0 aromatic heterocycles. The Bertz CT molecular complexity index is 433. The normalized spacial score (nSPS) is 24.9. The van der Waals surface area contributed by atoms with E-state index in [2.05, 4.69) is 13.8 Å². The van der Waals surface area contributed by atoms with E-state index in [9.17, 15) is 9.50 Å². The van der Waals surface area contributed by atoms with Crippen LogP contribution in [0.2, 0.25) is 0 Å². The predicted molar refractivity (Wildman–Crippen MR) is 81.1 cm³/mol. The van der Waals surface area contributed by atoms with Crippen LogP contribution in [0.3, 0.4) is 0 Å². The highest BCUT2D eigenvalue weighted by molar-refractivity contribution is 5.27. The number of rotatable bonds is 4. The van der Waals surface area contributed by atoms with E-state index in [-0.39, 0.29) is 11.9 Å². The van der Waals surface area contributed by atoms with Crippen molar-refractivity contribution in [3.05, 3.63) is 35.1 Å². The van der Waals surface area contributed by atoms with Gasteiger partial charge in [0.15, 0.2) is 0 Å². The molecule has 112 valence electrons. The van der Waals surface area contributed by atoms with Crippen molar-refractivity contribution in [2.45, 2.75) is 59.0 Å². The van der Waals surface area contributed by atoms with Crippen LogP contribution in [0.25, 0.3) is 0 Å². The zero-order valence-electron chi connectivity index (χ0n) is 12.9. The molecular formula is C18H27FO. The van der Waals surface area contributed by atoms with Crippen molar-refractivity contribution in [3.63, 3.8) is 0 Å². The molecule has 1 N–H and O–H groups in total. The van der Waals surface area contributed by atoms with Gasteiger partial charge in [-0.25, -0.2) is 4.39 Å². The highest BCUT2D eigenvalue weighted by Crippen LogP contribution is 2.35. The van der Waals surface area contributed by atoms with E-state index in [0.717, 1.165) is 35.8 Å². The Hall–Kier alpha value is -0.890. The summed E-state index contributed by atoms with van der Waals surface area (Å²) in [6, 6.07) is 4.86. The van der Waals surface area contributed by atoms with Gasteiger partial charge < -0.3 is 5.11 Å². The Labute approximate surface area is 122 Å². The molecule has 0 saturated heterocycles. The fourth-order valence-corrected chi connectivity index (χ4v) is 3.48. The molecule has 1 aliphatic carbocycles. The number of hydrogen-bond donors (Lipinski definition) is 1. The summed E-state index contributed by atoms with van der Waals surface area (Å²) < 4.78 is 13.1. The Morgan fingerprint density at radius 3 is 2.30 bits per heavy atom. The lowest BCUT2D eigenvalue weighted by molar-refractivity contribution is 0.0674. The van der Waals surface area contributed by atoms with Gasteiger partial charge in [0.2, 0.25) is 0 Å². The first-order valence-electron chi connectivity index (χ1n) is 7.90. The third kappa shape index (κ3) is 3.82. The van der Waals surface area contributed by atoms with Gasteiger partial charge in [-0.1, -0.05) is 19.9 Å². The lowest BCUT2D eigenvalue weighted by Gasteiger charge is -2.33. The summed E-state index contributed by atoms with van der Waals surface area (Å²) in [5, 5.41) is 10.5. The summed E-state index contributed by atoms with van der Waals surface area (Å²) >= 11 is 0. The highest BCUT2D eigenvalue weighted by Gasteiger charge is 2.27. The van der Waals surface area contributed by atoms with E-state index in [4.69, 9.17) is 0 Å². The molecule has 0 amide bonds. The number of hydrogen-bond acceptors (Lipinski definition) is 1. The molecule has 1 nitrogen and oxygen atoms in total. The average Bonchev–Trinajstić information content (AvgIpc) is 2.42. The maximum Gasteiger partial charge on any atom is 0.123 e. The zero-order chi connectivity index (χ0) is 14.7. The van der Waals surface area contributed by atoms with Crippen molar-refractivity contribution < 1.29 is 9.50 Å². The van der Waals surface area contributed by atoms with Crippen molar-refractivity contribution in [2.24, 2.45) is 17.8 Å². The minimum Gasteiger partial charge on any atom is -0.392 e. The van der Waals surface area contributed by atoms with Crippen molar-refractivity contribution in [1.82, 2.24) is 0 Å². The number of benzene rings is 1. The topological polar surface area (TPSA) is 20.2 Å². The van der Waals surface area contributed by atoms with Gasteiger partial charge in [-0.3, -0.25) is 0 Å². The zero-order valence-corrected chi connectivity index (χ0v) is 12.9. The van der Waals surface area contributed by atoms with Gasteiger partial charge in [0.25, 0.3) is 0 Å². The van der Waals surface area contributed by atoms with Crippen LogP contribution in [0, 0.1) is 30.5 Å². The van der Waals surface area contributed by atoms with Gasteiger partial charge in [-0.15, -0.1) is 0 Å². The van der Waals surface area contributed by atoms with Crippen LogP contribution < -0.4 is 0 Å². The van der Waals surface area contributed by atoms with Crippen LogP contribution in [0.4, 0.5) is 4.39 Å². The van der Waals surface area contributed by atoms with Crippen LogP contribution in [0.1, 0.15) is 50.7 Å². The fraction of sp³-hybridized carbons (Fsp3) is 0.667. The summed E-state index contributed by atoms with van der Waals surface area (Å²) in [4.78, 5) is 0. The van der Waals surface area contributed by atoms with Crippen molar-refractivity contribution in [3.8, 4) is 0 Å². The summed E-state index contributed by atoms with van der Waals surface area (Å²) in [5.74, 6) is 1.80. The molecule has 1 fully saturated rings. The van der Waals surface area contributed by atoms with Gasteiger partial charge in [-0.2, -0.15) is 0 Å². The summed E-state index contributed by atoms with van der Waals surface area (Å²) in [6.07, 6.45) is 5.11. The molecule has 0 heterocycles. The second kappa shape index (κ2) is 6.71. The average molecular weight is 278 g/mol. The van der Waals surface area contributed by atoms with Crippen molar-refractivity contribution in [2.75, 3.05) is 0 Å². The number of aliphatic hydroxyl groups excluding tert-OH is 1. The van der Waals surface area contributed by atoms with Crippen molar-refractivity contribution in [1.29, 1.82) is 0 Å². The smallest absolute Gasteiger partial charge is 0.123 e. The molecule has 1 aromatic carbocycles. The van der Waals surface area contributed by atoms with Crippen molar-refractivity contribution >= 4 is 0 Å². The third-order valence-electron chi connectivity index (χ3n) is 5.04. The number of aliphatic hydroxyl groups is 1. The van der Waals surface area contributed by atoms with Crippen LogP contribution in [0.15, 0.2) is 18.2 Å². The molecule has 1 aromatic rings. The van der Waals surface area contributed by atoms with Gasteiger partial charge in [0.1, 0.15) is 5.82 Å². The van der Waals surface area contributed by atoms with Gasteiger partial charge in [0, 0.05) is 0 Å². The van der Waals surface area contributed by atoms with Gasteiger partial charge in [-0.05, 0) is 80.0 Å². The maximum atomic E-state index is 13.1. The second-order valence-electron chi connectivity index (χ2n) is 6.76. The minimum absolute atomic E-state index is 0.196. The molecule has 0 aliphatic heterocycles. The molecule has 1 aliphatic rings. The predicted octanol–water partition coefficient (Wildman–Crippen LogP) is 4.50. The van der Waals surface area contributed by atoms with E-state index >= 15 is 0 Å². The quantitative estimate of drug-likeness (QED) is 0.859. The largest absolute Gasteiger partial charge is 0.392 e. The molecule has 2 rings (SSSR count).